The Hall–Kier alpha value is -1.92. The van der Waals surface area contributed by atoms with Gasteiger partial charge in [-0.3, -0.25) is 4.68 Å². The van der Waals surface area contributed by atoms with Crippen molar-refractivity contribution in [3.05, 3.63) is 29.8 Å². The maximum absolute atomic E-state index is 12.4. The van der Waals surface area contributed by atoms with Crippen LogP contribution in [-0.2, 0) is 13.6 Å². The van der Waals surface area contributed by atoms with Crippen molar-refractivity contribution in [2.24, 2.45) is 7.05 Å². The van der Waals surface area contributed by atoms with Gasteiger partial charge in [-0.15, -0.1) is 0 Å². The average molecular weight is 241 g/mol. The third kappa shape index (κ3) is 2.61. The van der Waals surface area contributed by atoms with Crippen molar-refractivity contribution in [2.75, 3.05) is 5.32 Å². The second-order valence-corrected chi connectivity index (χ2v) is 3.76. The van der Waals surface area contributed by atoms with E-state index in [0.717, 1.165) is 5.56 Å². The summed E-state index contributed by atoms with van der Waals surface area (Å²) in [5, 5.41) is 10.8. The minimum Gasteiger partial charge on any atom is -0.378 e. The molecule has 0 fully saturated rings. The van der Waals surface area contributed by atoms with Gasteiger partial charge in [0.1, 0.15) is 0 Å². The lowest BCUT2D eigenvalue weighted by atomic mass is 10.3. The van der Waals surface area contributed by atoms with Crippen LogP contribution in [0.25, 0.3) is 0 Å². The summed E-state index contributed by atoms with van der Waals surface area (Å²) in [7, 11) is 1.82. The predicted molar refractivity (Wildman–Crippen MR) is 58.8 cm³/mol. The van der Waals surface area contributed by atoms with Crippen LogP contribution in [0.1, 0.15) is 17.8 Å². The molecule has 2 aromatic rings. The van der Waals surface area contributed by atoms with Gasteiger partial charge < -0.3 is 5.32 Å². The van der Waals surface area contributed by atoms with Crippen LogP contribution in [0.15, 0.2) is 18.6 Å². The average Bonchev–Trinajstić information content (AvgIpc) is 2.82. The van der Waals surface area contributed by atoms with E-state index < -0.39 is 6.55 Å². The van der Waals surface area contributed by atoms with Crippen molar-refractivity contribution < 1.29 is 8.78 Å². The van der Waals surface area contributed by atoms with Crippen LogP contribution in [0, 0.1) is 6.92 Å². The van der Waals surface area contributed by atoms with E-state index in [1.54, 1.807) is 17.8 Å². The zero-order valence-electron chi connectivity index (χ0n) is 9.56. The van der Waals surface area contributed by atoms with Gasteiger partial charge in [0.15, 0.2) is 0 Å². The van der Waals surface area contributed by atoms with Gasteiger partial charge in [0.2, 0.25) is 0 Å². The van der Waals surface area contributed by atoms with E-state index in [1.807, 2.05) is 13.2 Å². The number of nitrogens with one attached hydrogen (secondary N) is 1. The van der Waals surface area contributed by atoms with Crippen LogP contribution in [0.4, 0.5) is 14.5 Å². The molecular formula is C10H13F2N5. The van der Waals surface area contributed by atoms with Crippen molar-refractivity contribution in [1.82, 2.24) is 19.6 Å². The van der Waals surface area contributed by atoms with E-state index in [4.69, 9.17) is 0 Å². The highest BCUT2D eigenvalue weighted by molar-refractivity contribution is 5.45. The van der Waals surface area contributed by atoms with Gasteiger partial charge >= 0.3 is 6.55 Å². The largest absolute Gasteiger partial charge is 0.378 e. The summed E-state index contributed by atoms with van der Waals surface area (Å²) in [5.41, 5.74) is 2.14. The molecule has 0 aliphatic carbocycles. The Morgan fingerprint density at radius 2 is 2.18 bits per heavy atom. The van der Waals surface area contributed by atoms with Gasteiger partial charge in [-0.05, 0) is 6.92 Å². The van der Waals surface area contributed by atoms with E-state index in [9.17, 15) is 8.78 Å². The lowest BCUT2D eigenvalue weighted by molar-refractivity contribution is 0.0563. The van der Waals surface area contributed by atoms with Crippen molar-refractivity contribution in [2.45, 2.75) is 20.0 Å². The maximum atomic E-state index is 12.4. The van der Waals surface area contributed by atoms with Gasteiger partial charge in [0, 0.05) is 25.4 Å². The molecule has 0 saturated heterocycles. The number of aromatic nitrogens is 4. The fourth-order valence-electron chi connectivity index (χ4n) is 1.52. The molecule has 0 aromatic carbocycles. The monoisotopic (exact) mass is 241 g/mol. The summed E-state index contributed by atoms with van der Waals surface area (Å²) in [6.07, 6.45) is 4.89. The zero-order valence-corrected chi connectivity index (χ0v) is 9.56. The van der Waals surface area contributed by atoms with Crippen LogP contribution in [-0.4, -0.2) is 19.6 Å². The zero-order chi connectivity index (χ0) is 12.4. The van der Waals surface area contributed by atoms with Crippen LogP contribution < -0.4 is 5.32 Å². The van der Waals surface area contributed by atoms with Crippen LogP contribution in [0.3, 0.4) is 0 Å². The second-order valence-electron chi connectivity index (χ2n) is 3.76. The molecule has 0 amide bonds. The molecule has 0 aliphatic heterocycles. The molecule has 0 unspecified atom stereocenters. The van der Waals surface area contributed by atoms with Gasteiger partial charge in [0.25, 0.3) is 0 Å². The minimum absolute atomic E-state index is 0.531. The quantitative estimate of drug-likeness (QED) is 0.889. The molecular weight excluding hydrogens is 228 g/mol. The second kappa shape index (κ2) is 4.52. The Morgan fingerprint density at radius 1 is 1.41 bits per heavy atom. The standard InChI is InChI=1S/C10H13F2N5/c1-7-9(6-17(15-7)10(11)12)13-3-8-4-14-16(2)5-8/h4-6,10,13H,3H2,1-2H3. The fraction of sp³-hybridized carbons (Fsp3) is 0.400. The molecule has 0 radical (unpaired) electrons. The topological polar surface area (TPSA) is 47.7 Å². The number of hydrogen-bond acceptors (Lipinski definition) is 3. The number of halogens is 2. The molecule has 0 spiro atoms. The Morgan fingerprint density at radius 3 is 2.71 bits per heavy atom. The molecule has 7 heteroatoms. The first-order chi connectivity index (χ1) is 8.06. The van der Waals surface area contributed by atoms with Gasteiger partial charge in [0.05, 0.1) is 23.8 Å². The summed E-state index contributed by atoms with van der Waals surface area (Å²) in [5.74, 6) is 0. The Labute approximate surface area is 97.0 Å². The predicted octanol–water partition coefficient (Wildman–Crippen LogP) is 1.93. The number of alkyl halides is 2. The van der Waals surface area contributed by atoms with E-state index >= 15 is 0 Å². The van der Waals surface area contributed by atoms with Gasteiger partial charge in [-0.25, -0.2) is 4.68 Å². The van der Waals surface area contributed by atoms with Crippen molar-refractivity contribution >= 4 is 5.69 Å². The number of hydrogen-bond donors (Lipinski definition) is 1. The summed E-state index contributed by atoms with van der Waals surface area (Å²) in [4.78, 5) is 0. The highest BCUT2D eigenvalue weighted by Gasteiger charge is 2.11. The normalized spacial score (nSPS) is 11.1. The molecule has 2 heterocycles. The summed E-state index contributed by atoms with van der Waals surface area (Å²) in [6.45, 7) is -0.392. The molecule has 0 aliphatic rings. The fourth-order valence-corrected chi connectivity index (χ4v) is 1.52. The maximum Gasteiger partial charge on any atom is 0.333 e. The minimum atomic E-state index is -2.61. The first-order valence-electron chi connectivity index (χ1n) is 5.11. The third-order valence-corrected chi connectivity index (χ3v) is 2.36. The van der Waals surface area contributed by atoms with Crippen molar-refractivity contribution in [3.63, 3.8) is 0 Å². The Bertz CT molecular complexity index is 503. The SMILES string of the molecule is Cc1nn(C(F)F)cc1NCc1cnn(C)c1. The summed E-state index contributed by atoms with van der Waals surface area (Å²) >= 11 is 0. The first kappa shape index (κ1) is 11.6. The molecule has 0 atom stereocenters. The summed E-state index contributed by atoms with van der Waals surface area (Å²) < 4.78 is 27.1. The van der Waals surface area contributed by atoms with Crippen LogP contribution in [0.2, 0.25) is 0 Å². The third-order valence-electron chi connectivity index (χ3n) is 2.36. The highest BCUT2D eigenvalue weighted by Crippen LogP contribution is 2.18. The van der Waals surface area contributed by atoms with E-state index in [-0.39, 0.29) is 0 Å². The van der Waals surface area contributed by atoms with E-state index in [1.165, 1.54) is 6.20 Å². The molecule has 2 rings (SSSR count). The van der Waals surface area contributed by atoms with Crippen molar-refractivity contribution in [3.8, 4) is 0 Å². The number of anilines is 1. The van der Waals surface area contributed by atoms with E-state index in [0.29, 0.717) is 22.6 Å². The molecule has 92 valence electrons. The Balaban J connectivity index is 2.03. The lowest BCUT2D eigenvalue weighted by Crippen LogP contribution is -1.99. The van der Waals surface area contributed by atoms with Gasteiger partial charge in [-0.2, -0.15) is 19.0 Å². The molecule has 1 N–H and O–H groups in total. The number of aryl methyl sites for hydroxylation is 2. The number of nitrogens with zero attached hydrogens (tertiary/aromatic N) is 4. The van der Waals surface area contributed by atoms with Gasteiger partial charge in [-0.1, -0.05) is 0 Å². The Kier molecular flexibility index (Phi) is 3.08. The first-order valence-corrected chi connectivity index (χ1v) is 5.11. The summed E-state index contributed by atoms with van der Waals surface area (Å²) in [6, 6.07) is 0. The molecule has 17 heavy (non-hydrogen) atoms. The highest BCUT2D eigenvalue weighted by atomic mass is 19.3. The van der Waals surface area contributed by atoms with Crippen LogP contribution in [0.5, 0.6) is 0 Å². The molecule has 5 nitrogen and oxygen atoms in total. The number of rotatable bonds is 4. The van der Waals surface area contributed by atoms with Crippen LogP contribution >= 0.6 is 0 Å². The smallest absolute Gasteiger partial charge is 0.333 e. The molecule has 2 aromatic heterocycles. The van der Waals surface area contributed by atoms with Crippen molar-refractivity contribution in [1.29, 1.82) is 0 Å². The molecule has 0 bridgehead atoms. The lowest BCUT2D eigenvalue weighted by Gasteiger charge is -2.01. The van der Waals surface area contributed by atoms with E-state index in [2.05, 4.69) is 15.5 Å². The molecule has 0 saturated carbocycles.